The Labute approximate surface area is 310 Å². The van der Waals surface area contributed by atoms with Crippen LogP contribution in [0.5, 0.6) is 0 Å². The molecule has 0 spiro atoms. The van der Waals surface area contributed by atoms with Crippen molar-refractivity contribution in [1.82, 2.24) is 5.32 Å². The number of carbonyl (C=O) groups is 3. The lowest BCUT2D eigenvalue weighted by atomic mass is 10.0. The minimum atomic E-state index is -4.74. The quantitative estimate of drug-likeness (QED) is 0.0270. The molecule has 0 aliphatic rings. The standard InChI is InChI=1S/C39H76NO10P/c1-3-5-7-9-11-13-14-15-16-17-18-19-20-21-22-23-24-26-28-30-37(42)40-36(39(44)45)34-50-51(46,47)49-33-35(41)32-48-38(43)31-29-27-25-12-10-8-6-4-2/h35-36,41H,3-34H2,1-2H3,(H,40,42)(H,44,45)(H,46,47). The lowest BCUT2D eigenvalue weighted by Crippen LogP contribution is -2.43. The summed E-state index contributed by atoms with van der Waals surface area (Å²) < 4.78 is 26.7. The normalized spacial score (nSPS) is 13.8. The molecular formula is C39H76NO10P. The largest absolute Gasteiger partial charge is 0.480 e. The van der Waals surface area contributed by atoms with E-state index in [9.17, 15) is 34.1 Å². The minimum absolute atomic E-state index is 0.153. The summed E-state index contributed by atoms with van der Waals surface area (Å²) in [4.78, 5) is 45.7. The zero-order chi connectivity index (χ0) is 37.8. The lowest BCUT2D eigenvalue weighted by Gasteiger charge is -2.18. The number of aliphatic carboxylic acids is 1. The summed E-state index contributed by atoms with van der Waals surface area (Å²) in [7, 11) is -4.74. The molecule has 0 fully saturated rings. The van der Waals surface area contributed by atoms with E-state index in [2.05, 4.69) is 19.2 Å². The molecule has 0 rings (SSSR count). The summed E-state index contributed by atoms with van der Waals surface area (Å²) in [6.45, 7) is 2.56. The number of rotatable bonds is 39. The van der Waals surface area contributed by atoms with Crippen LogP contribution in [-0.4, -0.2) is 64.9 Å². The first-order valence-electron chi connectivity index (χ1n) is 20.6. The van der Waals surface area contributed by atoms with Crippen molar-refractivity contribution < 1.29 is 47.8 Å². The Hall–Kier alpha value is -1.52. The Balaban J connectivity index is 3.87. The molecular weight excluding hydrogens is 673 g/mol. The van der Waals surface area contributed by atoms with E-state index in [1.807, 2.05) is 0 Å². The van der Waals surface area contributed by atoms with E-state index in [0.717, 1.165) is 38.5 Å². The maximum absolute atomic E-state index is 12.3. The highest BCUT2D eigenvalue weighted by molar-refractivity contribution is 7.47. The SMILES string of the molecule is CCCCCCCCCCCCCCCCCCCCCC(=O)NC(COP(=O)(O)OCC(O)COC(=O)CCCCCCCCCC)C(=O)O. The van der Waals surface area contributed by atoms with E-state index in [0.29, 0.717) is 12.8 Å². The summed E-state index contributed by atoms with van der Waals surface area (Å²) >= 11 is 0. The first-order valence-corrected chi connectivity index (χ1v) is 22.1. The molecule has 51 heavy (non-hydrogen) atoms. The molecule has 0 bridgehead atoms. The lowest BCUT2D eigenvalue weighted by molar-refractivity contribution is -0.147. The fourth-order valence-corrected chi connectivity index (χ4v) is 6.68. The molecule has 12 heteroatoms. The number of carboxylic acids is 1. The highest BCUT2D eigenvalue weighted by atomic mass is 31.2. The third kappa shape index (κ3) is 35.3. The van der Waals surface area contributed by atoms with E-state index in [1.54, 1.807) is 0 Å². The number of unbranched alkanes of at least 4 members (excludes halogenated alkanes) is 25. The average molecular weight is 750 g/mol. The van der Waals surface area contributed by atoms with Crippen LogP contribution in [0.1, 0.15) is 200 Å². The first kappa shape index (κ1) is 49.5. The fraction of sp³-hybridized carbons (Fsp3) is 0.923. The number of amides is 1. The van der Waals surface area contributed by atoms with Crippen molar-refractivity contribution in [2.45, 2.75) is 212 Å². The number of esters is 1. The Kier molecular flexibility index (Phi) is 34.4. The maximum atomic E-state index is 12.3. The number of carboxylic acid groups (broad SMARTS) is 1. The molecule has 3 atom stereocenters. The van der Waals surface area contributed by atoms with Gasteiger partial charge in [-0.25, -0.2) is 9.36 Å². The van der Waals surface area contributed by atoms with Crippen LogP contribution in [0.15, 0.2) is 0 Å². The van der Waals surface area contributed by atoms with E-state index >= 15 is 0 Å². The summed E-state index contributed by atoms with van der Waals surface area (Å²) in [5, 5.41) is 21.7. The van der Waals surface area contributed by atoms with Crippen LogP contribution in [0, 0.1) is 0 Å². The van der Waals surface area contributed by atoms with Gasteiger partial charge >= 0.3 is 19.8 Å². The number of aliphatic hydroxyl groups is 1. The third-order valence-corrected chi connectivity index (χ3v) is 10.1. The molecule has 302 valence electrons. The maximum Gasteiger partial charge on any atom is 0.472 e. The number of carbonyl (C=O) groups excluding carboxylic acids is 2. The second kappa shape index (κ2) is 35.5. The number of ether oxygens (including phenoxy) is 1. The van der Waals surface area contributed by atoms with Crippen LogP contribution in [0.4, 0.5) is 0 Å². The molecule has 0 aromatic rings. The number of phosphoric acid groups is 1. The van der Waals surface area contributed by atoms with E-state index in [4.69, 9.17) is 13.8 Å². The molecule has 0 saturated heterocycles. The predicted molar refractivity (Wildman–Crippen MR) is 204 cm³/mol. The van der Waals surface area contributed by atoms with Gasteiger partial charge in [0.1, 0.15) is 12.7 Å². The molecule has 11 nitrogen and oxygen atoms in total. The number of phosphoric ester groups is 1. The molecule has 0 aromatic heterocycles. The summed E-state index contributed by atoms with van der Waals surface area (Å²) in [6.07, 6.45) is 31.5. The van der Waals surface area contributed by atoms with Crippen LogP contribution in [-0.2, 0) is 32.7 Å². The minimum Gasteiger partial charge on any atom is -0.480 e. The molecule has 0 heterocycles. The van der Waals surface area contributed by atoms with Gasteiger partial charge in [0.15, 0.2) is 6.04 Å². The zero-order valence-electron chi connectivity index (χ0n) is 32.4. The van der Waals surface area contributed by atoms with Crippen molar-refractivity contribution >= 4 is 25.7 Å². The summed E-state index contributed by atoms with van der Waals surface area (Å²) in [5.41, 5.74) is 0. The molecule has 0 radical (unpaired) electrons. The molecule has 0 aliphatic heterocycles. The molecule has 0 saturated carbocycles. The van der Waals surface area contributed by atoms with Crippen LogP contribution in [0.25, 0.3) is 0 Å². The van der Waals surface area contributed by atoms with Gasteiger partial charge in [-0.05, 0) is 12.8 Å². The second-order valence-electron chi connectivity index (χ2n) is 14.2. The van der Waals surface area contributed by atoms with Gasteiger partial charge in [-0.15, -0.1) is 0 Å². The highest BCUT2D eigenvalue weighted by Gasteiger charge is 2.28. The van der Waals surface area contributed by atoms with Crippen molar-refractivity contribution in [1.29, 1.82) is 0 Å². The molecule has 0 aromatic carbocycles. The van der Waals surface area contributed by atoms with Gasteiger partial charge < -0.3 is 25.2 Å². The Morgan fingerprint density at radius 2 is 0.902 bits per heavy atom. The average Bonchev–Trinajstić information content (AvgIpc) is 3.10. The smallest absolute Gasteiger partial charge is 0.472 e. The van der Waals surface area contributed by atoms with Gasteiger partial charge in [0.2, 0.25) is 5.91 Å². The van der Waals surface area contributed by atoms with Gasteiger partial charge in [0.25, 0.3) is 0 Å². The van der Waals surface area contributed by atoms with E-state index < -0.39 is 57.6 Å². The van der Waals surface area contributed by atoms with E-state index in [-0.39, 0.29) is 12.8 Å². The van der Waals surface area contributed by atoms with Gasteiger partial charge in [-0.3, -0.25) is 18.6 Å². The second-order valence-corrected chi connectivity index (χ2v) is 15.6. The summed E-state index contributed by atoms with van der Waals surface area (Å²) in [6, 6.07) is -1.54. The number of hydrogen-bond donors (Lipinski definition) is 4. The van der Waals surface area contributed by atoms with Crippen LogP contribution in [0.2, 0.25) is 0 Å². The zero-order valence-corrected chi connectivity index (χ0v) is 33.3. The monoisotopic (exact) mass is 750 g/mol. The number of nitrogens with one attached hydrogen (secondary N) is 1. The van der Waals surface area contributed by atoms with Crippen LogP contribution >= 0.6 is 7.82 Å². The molecule has 0 aliphatic carbocycles. The fourth-order valence-electron chi connectivity index (χ4n) is 5.90. The number of hydrogen-bond acceptors (Lipinski definition) is 8. The van der Waals surface area contributed by atoms with Crippen molar-refractivity contribution in [3.63, 3.8) is 0 Å². The topological polar surface area (TPSA) is 169 Å². The Morgan fingerprint density at radius 1 is 0.549 bits per heavy atom. The van der Waals surface area contributed by atoms with Crippen molar-refractivity contribution in [2.75, 3.05) is 19.8 Å². The van der Waals surface area contributed by atoms with Crippen molar-refractivity contribution in [3.05, 3.63) is 0 Å². The van der Waals surface area contributed by atoms with Gasteiger partial charge in [0.05, 0.1) is 13.2 Å². The summed E-state index contributed by atoms with van der Waals surface area (Å²) in [5.74, 6) is -2.36. The van der Waals surface area contributed by atoms with Gasteiger partial charge in [-0.1, -0.05) is 174 Å². The Morgan fingerprint density at radius 3 is 1.29 bits per heavy atom. The van der Waals surface area contributed by atoms with Gasteiger partial charge in [0, 0.05) is 12.8 Å². The van der Waals surface area contributed by atoms with Gasteiger partial charge in [-0.2, -0.15) is 0 Å². The molecule has 3 unspecified atom stereocenters. The van der Waals surface area contributed by atoms with E-state index in [1.165, 1.54) is 122 Å². The van der Waals surface area contributed by atoms with Crippen molar-refractivity contribution in [2.24, 2.45) is 0 Å². The highest BCUT2D eigenvalue weighted by Crippen LogP contribution is 2.43. The predicted octanol–water partition coefficient (Wildman–Crippen LogP) is 9.95. The third-order valence-electron chi connectivity index (χ3n) is 9.15. The van der Waals surface area contributed by atoms with Crippen LogP contribution < -0.4 is 5.32 Å². The first-order chi connectivity index (χ1) is 24.6. The van der Waals surface area contributed by atoms with Crippen molar-refractivity contribution in [3.8, 4) is 0 Å². The number of aliphatic hydroxyl groups excluding tert-OH is 1. The van der Waals surface area contributed by atoms with Crippen LogP contribution in [0.3, 0.4) is 0 Å². The molecule has 4 N–H and O–H groups in total. The molecule has 1 amide bonds. The Bertz CT molecular complexity index is 890.